The van der Waals surface area contributed by atoms with Crippen LogP contribution in [0.5, 0.6) is 0 Å². The fourth-order valence-electron chi connectivity index (χ4n) is 4.05. The first kappa shape index (κ1) is 16.4. The molecule has 1 N–H and O–H groups in total. The highest BCUT2D eigenvalue weighted by molar-refractivity contribution is 5.25. The van der Waals surface area contributed by atoms with E-state index < -0.39 is 0 Å². The van der Waals surface area contributed by atoms with Crippen LogP contribution in [0.1, 0.15) is 56.7 Å². The van der Waals surface area contributed by atoms with Crippen LogP contribution in [0.3, 0.4) is 0 Å². The molecule has 2 rings (SSSR count). The summed E-state index contributed by atoms with van der Waals surface area (Å²) < 4.78 is 0. The fraction of sp³-hybridized carbons (Fsp3) is 0.722. The van der Waals surface area contributed by atoms with E-state index in [0.29, 0.717) is 6.04 Å². The molecule has 1 aromatic heterocycles. The van der Waals surface area contributed by atoms with Crippen LogP contribution in [-0.2, 0) is 0 Å². The van der Waals surface area contributed by atoms with Gasteiger partial charge in [-0.3, -0.25) is 4.98 Å². The summed E-state index contributed by atoms with van der Waals surface area (Å²) in [5.41, 5.74) is 2.77. The van der Waals surface area contributed by atoms with Crippen molar-refractivity contribution in [3.8, 4) is 0 Å². The summed E-state index contributed by atoms with van der Waals surface area (Å²) in [5.74, 6) is 0.792. The molecule has 1 aliphatic carbocycles. The zero-order valence-corrected chi connectivity index (χ0v) is 14.3. The standard InChI is InChI=1S/C18H31N3/c1-6-20-17(16-10-15(3)12-19-13-16)18(21(4)5)9-7-8-14(2)11-18/h10,12-14,17,20H,6-9,11H2,1-5H3. The largest absolute Gasteiger partial charge is 0.309 e. The number of nitrogens with one attached hydrogen (secondary N) is 1. The number of aromatic nitrogens is 1. The highest BCUT2D eigenvalue weighted by atomic mass is 15.2. The van der Waals surface area contributed by atoms with Crippen LogP contribution >= 0.6 is 0 Å². The first-order valence-electron chi connectivity index (χ1n) is 8.32. The molecule has 1 aliphatic rings. The van der Waals surface area contributed by atoms with E-state index in [1.165, 1.54) is 36.8 Å². The predicted octanol–water partition coefficient (Wildman–Crippen LogP) is 3.55. The van der Waals surface area contributed by atoms with E-state index in [-0.39, 0.29) is 5.54 Å². The highest BCUT2D eigenvalue weighted by Gasteiger charge is 2.44. The molecule has 1 aromatic rings. The van der Waals surface area contributed by atoms with Gasteiger partial charge in [0, 0.05) is 17.9 Å². The van der Waals surface area contributed by atoms with Gasteiger partial charge in [-0.2, -0.15) is 0 Å². The lowest BCUT2D eigenvalue weighted by Gasteiger charge is -2.50. The molecular formula is C18H31N3. The van der Waals surface area contributed by atoms with Crippen LogP contribution in [0.4, 0.5) is 0 Å². The van der Waals surface area contributed by atoms with E-state index in [2.05, 4.69) is 56.1 Å². The molecule has 1 fully saturated rings. The molecule has 3 unspecified atom stereocenters. The van der Waals surface area contributed by atoms with E-state index in [1.807, 2.05) is 12.4 Å². The number of likely N-dealkylation sites (N-methyl/N-ethyl adjacent to an activating group) is 2. The van der Waals surface area contributed by atoms with Gasteiger partial charge in [-0.15, -0.1) is 0 Å². The second-order valence-electron chi connectivity index (χ2n) is 6.99. The second-order valence-corrected chi connectivity index (χ2v) is 6.99. The maximum Gasteiger partial charge on any atom is 0.0522 e. The normalized spacial score (nSPS) is 27.8. The minimum absolute atomic E-state index is 0.198. The topological polar surface area (TPSA) is 28.2 Å². The van der Waals surface area contributed by atoms with Crippen molar-refractivity contribution in [2.45, 2.75) is 58.0 Å². The molecule has 0 saturated heterocycles. The molecule has 1 heterocycles. The summed E-state index contributed by atoms with van der Waals surface area (Å²) in [6, 6.07) is 2.65. The Morgan fingerprint density at radius 1 is 1.43 bits per heavy atom. The molecule has 3 heteroatoms. The third-order valence-electron chi connectivity index (χ3n) is 5.07. The summed E-state index contributed by atoms with van der Waals surface area (Å²) in [7, 11) is 4.48. The van der Waals surface area contributed by atoms with Crippen LogP contribution in [0, 0.1) is 12.8 Å². The zero-order chi connectivity index (χ0) is 15.5. The Morgan fingerprint density at radius 3 is 2.76 bits per heavy atom. The molecule has 0 amide bonds. The van der Waals surface area contributed by atoms with Gasteiger partial charge in [-0.1, -0.05) is 32.8 Å². The number of aryl methyl sites for hydroxylation is 1. The maximum atomic E-state index is 4.43. The zero-order valence-electron chi connectivity index (χ0n) is 14.3. The summed E-state index contributed by atoms with van der Waals surface area (Å²) in [5, 5.41) is 3.76. The Kier molecular flexibility index (Phi) is 5.39. The van der Waals surface area contributed by atoms with Crippen molar-refractivity contribution >= 4 is 0 Å². The predicted molar refractivity (Wildman–Crippen MR) is 89.4 cm³/mol. The third kappa shape index (κ3) is 3.46. The van der Waals surface area contributed by atoms with Crippen LogP contribution in [0.15, 0.2) is 18.5 Å². The fourth-order valence-corrected chi connectivity index (χ4v) is 4.05. The van der Waals surface area contributed by atoms with Crippen molar-refractivity contribution in [3.63, 3.8) is 0 Å². The number of pyridine rings is 1. The van der Waals surface area contributed by atoms with E-state index >= 15 is 0 Å². The summed E-state index contributed by atoms with van der Waals surface area (Å²) >= 11 is 0. The van der Waals surface area contributed by atoms with Crippen molar-refractivity contribution in [3.05, 3.63) is 29.6 Å². The molecule has 1 saturated carbocycles. The number of rotatable bonds is 5. The number of nitrogens with zero attached hydrogens (tertiary/aromatic N) is 2. The lowest BCUT2D eigenvalue weighted by Crippen LogP contribution is -2.56. The quantitative estimate of drug-likeness (QED) is 0.898. The number of hydrogen-bond acceptors (Lipinski definition) is 3. The van der Waals surface area contributed by atoms with Crippen LogP contribution < -0.4 is 5.32 Å². The average Bonchev–Trinajstić information content (AvgIpc) is 2.44. The van der Waals surface area contributed by atoms with Crippen molar-refractivity contribution in [1.29, 1.82) is 0 Å². The first-order valence-corrected chi connectivity index (χ1v) is 8.32. The SMILES string of the molecule is CCNC(c1cncc(C)c1)C1(N(C)C)CCCC(C)C1. The Hall–Kier alpha value is -0.930. The van der Waals surface area contributed by atoms with Crippen molar-refractivity contribution in [2.75, 3.05) is 20.6 Å². The van der Waals surface area contributed by atoms with Gasteiger partial charge in [0.05, 0.1) is 6.04 Å². The van der Waals surface area contributed by atoms with Crippen LogP contribution in [0.25, 0.3) is 0 Å². The number of hydrogen-bond donors (Lipinski definition) is 1. The lowest BCUT2D eigenvalue weighted by molar-refractivity contribution is 0.0371. The smallest absolute Gasteiger partial charge is 0.0522 e. The Morgan fingerprint density at radius 2 is 2.19 bits per heavy atom. The van der Waals surface area contributed by atoms with Crippen LogP contribution in [-0.4, -0.2) is 36.1 Å². The minimum atomic E-state index is 0.198. The summed E-state index contributed by atoms with van der Waals surface area (Å²) in [6.07, 6.45) is 9.19. The Bertz CT molecular complexity index is 458. The molecule has 0 radical (unpaired) electrons. The lowest BCUT2D eigenvalue weighted by atomic mass is 9.69. The van der Waals surface area contributed by atoms with Gasteiger partial charge >= 0.3 is 0 Å². The molecule has 0 aromatic carbocycles. The van der Waals surface area contributed by atoms with Crippen molar-refractivity contribution in [2.24, 2.45) is 5.92 Å². The molecule has 118 valence electrons. The molecule has 0 aliphatic heterocycles. The minimum Gasteiger partial charge on any atom is -0.309 e. The van der Waals surface area contributed by atoms with E-state index in [4.69, 9.17) is 0 Å². The maximum absolute atomic E-state index is 4.43. The highest BCUT2D eigenvalue weighted by Crippen LogP contribution is 2.44. The van der Waals surface area contributed by atoms with Crippen molar-refractivity contribution in [1.82, 2.24) is 15.2 Å². The summed E-state index contributed by atoms with van der Waals surface area (Å²) in [4.78, 5) is 6.89. The van der Waals surface area contributed by atoms with Crippen molar-refractivity contribution < 1.29 is 0 Å². The third-order valence-corrected chi connectivity index (χ3v) is 5.07. The van der Waals surface area contributed by atoms with Gasteiger partial charge in [-0.25, -0.2) is 0 Å². The molecule has 3 nitrogen and oxygen atoms in total. The van der Waals surface area contributed by atoms with E-state index in [9.17, 15) is 0 Å². The first-order chi connectivity index (χ1) is 9.99. The van der Waals surface area contributed by atoms with Crippen LogP contribution in [0.2, 0.25) is 0 Å². The van der Waals surface area contributed by atoms with Gasteiger partial charge in [0.1, 0.15) is 0 Å². The second kappa shape index (κ2) is 6.89. The molecule has 21 heavy (non-hydrogen) atoms. The van der Waals surface area contributed by atoms with Gasteiger partial charge < -0.3 is 10.2 Å². The van der Waals surface area contributed by atoms with E-state index in [0.717, 1.165) is 12.5 Å². The molecule has 0 spiro atoms. The van der Waals surface area contributed by atoms with E-state index in [1.54, 1.807) is 0 Å². The van der Waals surface area contributed by atoms with Gasteiger partial charge in [0.2, 0.25) is 0 Å². The monoisotopic (exact) mass is 289 g/mol. The molecule has 3 atom stereocenters. The average molecular weight is 289 g/mol. The van der Waals surface area contributed by atoms with Gasteiger partial charge in [-0.05, 0) is 57.5 Å². The molecule has 0 bridgehead atoms. The Labute approximate surface area is 130 Å². The summed E-state index contributed by atoms with van der Waals surface area (Å²) in [6.45, 7) is 7.72. The molecular weight excluding hydrogens is 258 g/mol. The Balaban J connectivity index is 2.41. The van der Waals surface area contributed by atoms with Gasteiger partial charge in [0.15, 0.2) is 0 Å². The van der Waals surface area contributed by atoms with Gasteiger partial charge in [0.25, 0.3) is 0 Å².